The fourth-order valence-electron chi connectivity index (χ4n) is 3.56. The summed E-state index contributed by atoms with van der Waals surface area (Å²) in [6, 6.07) is 4.75. The number of nitrogens with zero attached hydrogens (tertiary/aromatic N) is 2. The van der Waals surface area contributed by atoms with Gasteiger partial charge in [-0.25, -0.2) is 4.98 Å². The van der Waals surface area contributed by atoms with Crippen LogP contribution in [-0.2, 0) is 0 Å². The second-order valence-corrected chi connectivity index (χ2v) is 5.64. The fraction of sp³-hybridized carbons (Fsp3) is 0.600. The van der Waals surface area contributed by atoms with Gasteiger partial charge in [-0.1, -0.05) is 0 Å². The van der Waals surface area contributed by atoms with Crippen molar-refractivity contribution in [1.29, 1.82) is 0 Å². The summed E-state index contributed by atoms with van der Waals surface area (Å²) in [7, 11) is 3.77. The topological polar surface area (TPSA) is 42.4 Å². The third kappa shape index (κ3) is 2.14. The molecule has 3 rings (SSSR count). The molecule has 3 heterocycles. The molecule has 4 heteroatoms. The number of ketones is 1. The summed E-state index contributed by atoms with van der Waals surface area (Å²) in [5.41, 5.74) is 0.499. The number of carbonyl (C=O) groups is 1. The number of hydrogen-bond acceptors (Lipinski definition) is 4. The van der Waals surface area contributed by atoms with Crippen LogP contribution in [0, 0.1) is 5.92 Å². The summed E-state index contributed by atoms with van der Waals surface area (Å²) in [5.74, 6) is 0.860. The summed E-state index contributed by atoms with van der Waals surface area (Å²) in [6.07, 6.45) is 6.05. The van der Waals surface area contributed by atoms with Crippen molar-refractivity contribution >= 4 is 5.78 Å². The molecule has 2 saturated heterocycles. The lowest BCUT2D eigenvalue weighted by Crippen LogP contribution is -2.42. The molecule has 0 N–H and O–H groups in total. The first-order valence-electron chi connectivity index (χ1n) is 6.96. The molecule has 19 heavy (non-hydrogen) atoms. The minimum atomic E-state index is 0.109. The van der Waals surface area contributed by atoms with Gasteiger partial charge in [0.05, 0.1) is 7.11 Å². The van der Waals surface area contributed by atoms with E-state index in [2.05, 4.69) is 16.9 Å². The molecule has 102 valence electrons. The minimum Gasteiger partial charge on any atom is -0.494 e. The van der Waals surface area contributed by atoms with Gasteiger partial charge in [-0.05, 0) is 44.9 Å². The van der Waals surface area contributed by atoms with E-state index in [0.29, 0.717) is 23.5 Å². The molecule has 0 aromatic carbocycles. The van der Waals surface area contributed by atoms with E-state index in [4.69, 9.17) is 4.74 Å². The lowest BCUT2D eigenvalue weighted by atomic mass is 9.86. The lowest BCUT2D eigenvalue weighted by molar-refractivity contribution is 0.0759. The Kier molecular flexibility index (Phi) is 3.27. The SMILES string of the molecule is COc1cccnc1C(=O)C1CC2CCC(C1)N2C. The number of hydrogen-bond donors (Lipinski definition) is 0. The normalized spacial score (nSPS) is 30.3. The molecular weight excluding hydrogens is 240 g/mol. The zero-order valence-corrected chi connectivity index (χ0v) is 11.5. The van der Waals surface area contributed by atoms with Crippen LogP contribution in [0.3, 0.4) is 0 Å². The largest absolute Gasteiger partial charge is 0.494 e. The standard InChI is InChI=1S/C15H20N2O2/c1-17-11-5-6-12(17)9-10(8-11)15(18)14-13(19-2)4-3-7-16-14/h3-4,7,10-12H,5-6,8-9H2,1-2H3. The molecule has 2 fully saturated rings. The molecule has 2 atom stereocenters. The number of ether oxygens (including phenoxy) is 1. The van der Waals surface area contributed by atoms with Crippen LogP contribution in [0.1, 0.15) is 36.2 Å². The molecule has 0 amide bonds. The van der Waals surface area contributed by atoms with Crippen molar-refractivity contribution in [2.45, 2.75) is 37.8 Å². The van der Waals surface area contributed by atoms with E-state index >= 15 is 0 Å². The van der Waals surface area contributed by atoms with Crippen LogP contribution < -0.4 is 4.74 Å². The van der Waals surface area contributed by atoms with Crippen LogP contribution in [0.2, 0.25) is 0 Å². The lowest BCUT2D eigenvalue weighted by Gasteiger charge is -2.35. The van der Waals surface area contributed by atoms with Crippen LogP contribution >= 0.6 is 0 Å². The highest BCUT2D eigenvalue weighted by Crippen LogP contribution is 2.39. The van der Waals surface area contributed by atoms with Crippen molar-refractivity contribution < 1.29 is 9.53 Å². The summed E-state index contributed by atoms with van der Waals surface area (Å²) in [4.78, 5) is 19.3. The molecule has 1 aromatic heterocycles. The summed E-state index contributed by atoms with van der Waals surface area (Å²) in [6.45, 7) is 0. The number of carbonyl (C=O) groups excluding carboxylic acids is 1. The van der Waals surface area contributed by atoms with E-state index in [0.717, 1.165) is 12.8 Å². The molecule has 4 nitrogen and oxygen atoms in total. The first kappa shape index (κ1) is 12.6. The van der Waals surface area contributed by atoms with Gasteiger partial charge in [0.2, 0.25) is 0 Å². The number of aromatic nitrogens is 1. The zero-order chi connectivity index (χ0) is 13.4. The molecule has 1 aromatic rings. The molecule has 0 saturated carbocycles. The Balaban J connectivity index is 1.81. The Morgan fingerprint density at radius 3 is 2.68 bits per heavy atom. The van der Waals surface area contributed by atoms with Gasteiger partial charge in [0.25, 0.3) is 0 Å². The van der Waals surface area contributed by atoms with Gasteiger partial charge in [-0.2, -0.15) is 0 Å². The quantitative estimate of drug-likeness (QED) is 0.781. The number of piperidine rings is 1. The van der Waals surface area contributed by atoms with E-state index < -0.39 is 0 Å². The van der Waals surface area contributed by atoms with Gasteiger partial charge < -0.3 is 9.64 Å². The molecule has 2 aliphatic heterocycles. The van der Waals surface area contributed by atoms with E-state index in [1.54, 1.807) is 19.4 Å². The van der Waals surface area contributed by atoms with Crippen molar-refractivity contribution in [1.82, 2.24) is 9.88 Å². The molecule has 2 aliphatic rings. The molecule has 2 unspecified atom stereocenters. The van der Waals surface area contributed by atoms with Crippen molar-refractivity contribution in [3.05, 3.63) is 24.0 Å². The second kappa shape index (κ2) is 4.93. The van der Waals surface area contributed by atoms with Gasteiger partial charge >= 0.3 is 0 Å². The van der Waals surface area contributed by atoms with Gasteiger partial charge in [0.15, 0.2) is 5.78 Å². The number of rotatable bonds is 3. The molecule has 2 bridgehead atoms. The van der Waals surface area contributed by atoms with Gasteiger partial charge in [0, 0.05) is 24.2 Å². The Morgan fingerprint density at radius 2 is 2.05 bits per heavy atom. The minimum absolute atomic E-state index is 0.109. The Morgan fingerprint density at radius 1 is 1.37 bits per heavy atom. The first-order chi connectivity index (χ1) is 9.20. The first-order valence-corrected chi connectivity index (χ1v) is 6.96. The summed E-state index contributed by atoms with van der Waals surface area (Å²) < 4.78 is 5.25. The highest BCUT2D eigenvalue weighted by Gasteiger charge is 2.41. The zero-order valence-electron chi connectivity index (χ0n) is 11.5. The summed E-state index contributed by atoms with van der Waals surface area (Å²) in [5, 5.41) is 0. The van der Waals surface area contributed by atoms with Crippen LogP contribution in [0.4, 0.5) is 0 Å². The van der Waals surface area contributed by atoms with Gasteiger partial charge in [0.1, 0.15) is 11.4 Å². The molecular formula is C15H20N2O2. The Bertz CT molecular complexity index is 475. The van der Waals surface area contributed by atoms with Crippen LogP contribution in [0.5, 0.6) is 5.75 Å². The van der Waals surface area contributed by atoms with E-state index in [1.165, 1.54) is 12.8 Å². The van der Waals surface area contributed by atoms with Crippen LogP contribution in [-0.4, -0.2) is 41.9 Å². The van der Waals surface area contributed by atoms with Crippen molar-refractivity contribution in [2.75, 3.05) is 14.2 Å². The highest BCUT2D eigenvalue weighted by atomic mass is 16.5. The molecule has 0 aliphatic carbocycles. The third-order valence-electron chi connectivity index (χ3n) is 4.69. The van der Waals surface area contributed by atoms with Crippen LogP contribution in [0.15, 0.2) is 18.3 Å². The number of Topliss-reactive ketones (excluding diaryl/α,β-unsaturated/α-hetero) is 1. The predicted octanol–water partition coefficient (Wildman–Crippen LogP) is 2.15. The Hall–Kier alpha value is -1.42. The van der Waals surface area contributed by atoms with Crippen LogP contribution in [0.25, 0.3) is 0 Å². The summed E-state index contributed by atoms with van der Waals surface area (Å²) >= 11 is 0. The number of fused-ring (bicyclic) bond motifs is 2. The number of pyridine rings is 1. The maximum Gasteiger partial charge on any atom is 0.188 e. The fourth-order valence-corrected chi connectivity index (χ4v) is 3.56. The average Bonchev–Trinajstić information content (AvgIpc) is 2.68. The van der Waals surface area contributed by atoms with Crippen molar-refractivity contribution in [2.24, 2.45) is 5.92 Å². The monoisotopic (exact) mass is 260 g/mol. The predicted molar refractivity (Wildman–Crippen MR) is 72.4 cm³/mol. The maximum absolute atomic E-state index is 12.6. The second-order valence-electron chi connectivity index (χ2n) is 5.64. The molecule has 0 radical (unpaired) electrons. The van der Waals surface area contributed by atoms with E-state index in [9.17, 15) is 4.79 Å². The highest BCUT2D eigenvalue weighted by molar-refractivity contribution is 5.98. The average molecular weight is 260 g/mol. The van der Waals surface area contributed by atoms with E-state index in [-0.39, 0.29) is 11.7 Å². The Labute approximate surface area is 113 Å². The maximum atomic E-state index is 12.6. The van der Waals surface area contributed by atoms with Crippen molar-refractivity contribution in [3.8, 4) is 5.75 Å². The van der Waals surface area contributed by atoms with Crippen molar-refractivity contribution in [3.63, 3.8) is 0 Å². The third-order valence-corrected chi connectivity index (χ3v) is 4.69. The molecule has 0 spiro atoms. The van der Waals surface area contributed by atoms with Gasteiger partial charge in [-0.15, -0.1) is 0 Å². The van der Waals surface area contributed by atoms with Gasteiger partial charge in [-0.3, -0.25) is 4.79 Å². The number of methoxy groups -OCH3 is 1. The smallest absolute Gasteiger partial charge is 0.188 e. The van der Waals surface area contributed by atoms with E-state index in [1.807, 2.05) is 6.07 Å².